The summed E-state index contributed by atoms with van der Waals surface area (Å²) < 4.78 is 4.79. The quantitative estimate of drug-likeness (QED) is 0.712. The summed E-state index contributed by atoms with van der Waals surface area (Å²) in [5.74, 6) is -0.749. The molecule has 0 fully saturated rings. The number of aromatic carboxylic acids is 1. The molecule has 0 aliphatic rings. The Morgan fingerprint density at radius 3 is 2.75 bits per heavy atom. The first kappa shape index (κ1) is 8.80. The third-order valence-corrected chi connectivity index (χ3v) is 1.52. The molecule has 0 bridgehead atoms. The van der Waals surface area contributed by atoms with E-state index < -0.39 is 5.97 Å². The summed E-state index contributed by atoms with van der Waals surface area (Å²) in [5.41, 5.74) is -0.0965. The van der Waals surface area contributed by atoms with Gasteiger partial charge in [0, 0.05) is 0 Å². The van der Waals surface area contributed by atoms with E-state index in [0.717, 1.165) is 0 Å². The van der Waals surface area contributed by atoms with Crippen molar-refractivity contribution in [1.82, 2.24) is 4.98 Å². The molecule has 0 atom stereocenters. The van der Waals surface area contributed by atoms with E-state index in [1.165, 1.54) is 19.2 Å². The molecule has 4 nitrogen and oxygen atoms in total. The Morgan fingerprint density at radius 2 is 2.33 bits per heavy atom. The number of carbonyl (C=O) groups is 1. The molecule has 1 aromatic heterocycles. The topological polar surface area (TPSA) is 59.4 Å². The summed E-state index contributed by atoms with van der Waals surface area (Å²) in [5, 5.41) is 8.56. The molecule has 1 rings (SSSR count). The van der Waals surface area contributed by atoms with Crippen LogP contribution in [0.1, 0.15) is 10.5 Å². The van der Waals surface area contributed by atoms with E-state index in [9.17, 15) is 4.79 Å². The summed E-state index contributed by atoms with van der Waals surface area (Å²) in [6.07, 6.45) is 0. The molecule has 0 aliphatic carbocycles. The number of carboxylic acid groups (broad SMARTS) is 1. The summed E-state index contributed by atoms with van der Waals surface area (Å²) in [7, 11) is 1.43. The van der Waals surface area contributed by atoms with Crippen molar-refractivity contribution in [2.24, 2.45) is 0 Å². The molecule has 1 N–H and O–H groups in total. The number of methoxy groups -OCH3 is 1. The van der Waals surface area contributed by atoms with E-state index in [2.05, 4.69) is 4.98 Å². The van der Waals surface area contributed by atoms with Crippen molar-refractivity contribution in [1.29, 1.82) is 0 Å². The second-order valence-electron chi connectivity index (χ2n) is 1.99. The van der Waals surface area contributed by atoms with E-state index in [-0.39, 0.29) is 10.8 Å². The Bertz CT molecular complexity index is 314. The molecule has 64 valence electrons. The molecule has 12 heavy (non-hydrogen) atoms. The average Bonchev–Trinajstić information content (AvgIpc) is 2.04. The monoisotopic (exact) mass is 187 g/mol. The number of hydrogen-bond donors (Lipinski definition) is 1. The van der Waals surface area contributed by atoms with Gasteiger partial charge in [-0.25, -0.2) is 9.78 Å². The van der Waals surface area contributed by atoms with Gasteiger partial charge in [-0.1, -0.05) is 11.6 Å². The molecule has 0 aliphatic heterocycles. The van der Waals surface area contributed by atoms with Crippen LogP contribution < -0.4 is 4.74 Å². The molecular weight excluding hydrogens is 182 g/mol. The predicted octanol–water partition coefficient (Wildman–Crippen LogP) is 1.44. The Kier molecular flexibility index (Phi) is 2.50. The van der Waals surface area contributed by atoms with Crippen molar-refractivity contribution in [2.45, 2.75) is 0 Å². The number of rotatable bonds is 2. The van der Waals surface area contributed by atoms with Crippen LogP contribution in [0.5, 0.6) is 5.75 Å². The lowest BCUT2D eigenvalue weighted by Crippen LogP contribution is -2.00. The lowest BCUT2D eigenvalue weighted by molar-refractivity contribution is 0.0690. The fourth-order valence-electron chi connectivity index (χ4n) is 0.693. The minimum atomic E-state index is -1.11. The third kappa shape index (κ3) is 1.65. The molecule has 0 radical (unpaired) electrons. The second kappa shape index (κ2) is 3.40. The fraction of sp³-hybridized carbons (Fsp3) is 0.143. The van der Waals surface area contributed by atoms with Crippen molar-refractivity contribution in [3.05, 3.63) is 23.0 Å². The number of hydrogen-bond acceptors (Lipinski definition) is 3. The summed E-state index contributed by atoms with van der Waals surface area (Å²) >= 11 is 5.57. The van der Waals surface area contributed by atoms with Gasteiger partial charge in [0.25, 0.3) is 0 Å². The van der Waals surface area contributed by atoms with Gasteiger partial charge in [0.05, 0.1) is 7.11 Å². The Morgan fingerprint density at radius 1 is 1.67 bits per heavy atom. The van der Waals surface area contributed by atoms with Crippen LogP contribution in [0.4, 0.5) is 0 Å². The summed E-state index contributed by atoms with van der Waals surface area (Å²) in [6, 6.07) is 2.78. The van der Waals surface area contributed by atoms with E-state index in [0.29, 0.717) is 5.75 Å². The van der Waals surface area contributed by atoms with Crippen molar-refractivity contribution in [2.75, 3.05) is 7.11 Å². The standard InChI is InChI=1S/C7H6ClNO3/c1-12-5-3-2-4(7(10)11)9-6(5)8/h2-3H,1H3,(H,10,11). The third-order valence-electron chi connectivity index (χ3n) is 1.25. The van der Waals surface area contributed by atoms with Crippen molar-refractivity contribution in [3.63, 3.8) is 0 Å². The molecule has 0 spiro atoms. The maximum atomic E-state index is 10.4. The van der Waals surface area contributed by atoms with Gasteiger partial charge < -0.3 is 9.84 Å². The Labute approximate surface area is 73.8 Å². The zero-order chi connectivity index (χ0) is 9.14. The van der Waals surface area contributed by atoms with Crippen LogP contribution in [0.2, 0.25) is 5.15 Å². The largest absolute Gasteiger partial charge is 0.494 e. The highest BCUT2D eigenvalue weighted by atomic mass is 35.5. The highest BCUT2D eigenvalue weighted by Gasteiger charge is 2.08. The smallest absolute Gasteiger partial charge is 0.354 e. The first-order chi connectivity index (χ1) is 5.65. The molecule has 0 amide bonds. The highest BCUT2D eigenvalue weighted by molar-refractivity contribution is 6.31. The molecule has 0 saturated carbocycles. The minimum Gasteiger partial charge on any atom is -0.494 e. The van der Waals surface area contributed by atoms with Gasteiger partial charge in [-0.15, -0.1) is 0 Å². The molecule has 5 heteroatoms. The van der Waals surface area contributed by atoms with E-state index in [1.807, 2.05) is 0 Å². The van der Waals surface area contributed by atoms with Gasteiger partial charge in [-0.05, 0) is 12.1 Å². The van der Waals surface area contributed by atoms with Crippen molar-refractivity contribution >= 4 is 17.6 Å². The van der Waals surface area contributed by atoms with Crippen LogP contribution >= 0.6 is 11.6 Å². The number of carboxylic acids is 1. The van der Waals surface area contributed by atoms with Crippen LogP contribution in [0.3, 0.4) is 0 Å². The SMILES string of the molecule is COc1ccc(C(=O)O)nc1Cl. The zero-order valence-corrected chi connectivity index (χ0v) is 7.00. The molecule has 0 unspecified atom stereocenters. The van der Waals surface area contributed by atoms with Crippen LogP contribution in [0.15, 0.2) is 12.1 Å². The van der Waals surface area contributed by atoms with E-state index in [1.54, 1.807) is 0 Å². The maximum absolute atomic E-state index is 10.4. The Balaban J connectivity index is 3.10. The highest BCUT2D eigenvalue weighted by Crippen LogP contribution is 2.21. The number of ether oxygens (including phenoxy) is 1. The second-order valence-corrected chi connectivity index (χ2v) is 2.35. The molecule has 1 aromatic rings. The summed E-state index contributed by atoms with van der Waals surface area (Å²) in [6.45, 7) is 0. The first-order valence-corrected chi connectivity index (χ1v) is 3.46. The number of aromatic nitrogens is 1. The van der Waals surface area contributed by atoms with Crippen LogP contribution in [0.25, 0.3) is 0 Å². The van der Waals surface area contributed by atoms with Crippen LogP contribution in [-0.4, -0.2) is 23.2 Å². The summed E-state index contributed by atoms with van der Waals surface area (Å²) in [4.78, 5) is 14.0. The fourth-order valence-corrected chi connectivity index (χ4v) is 0.924. The number of pyridine rings is 1. The maximum Gasteiger partial charge on any atom is 0.354 e. The zero-order valence-electron chi connectivity index (χ0n) is 6.24. The lowest BCUT2D eigenvalue weighted by Gasteiger charge is -2.01. The predicted molar refractivity (Wildman–Crippen MR) is 42.8 cm³/mol. The average molecular weight is 188 g/mol. The minimum absolute atomic E-state index is 0.0531. The number of halogens is 1. The van der Waals surface area contributed by atoms with Gasteiger partial charge in [-0.2, -0.15) is 0 Å². The van der Waals surface area contributed by atoms with Crippen LogP contribution in [0, 0.1) is 0 Å². The first-order valence-electron chi connectivity index (χ1n) is 3.09. The van der Waals surface area contributed by atoms with Gasteiger partial charge in [0.2, 0.25) is 0 Å². The van der Waals surface area contributed by atoms with Gasteiger partial charge in [0.1, 0.15) is 5.69 Å². The van der Waals surface area contributed by atoms with Crippen LogP contribution in [-0.2, 0) is 0 Å². The van der Waals surface area contributed by atoms with Crippen molar-refractivity contribution in [3.8, 4) is 5.75 Å². The van der Waals surface area contributed by atoms with Gasteiger partial charge in [-0.3, -0.25) is 0 Å². The molecule has 0 aromatic carbocycles. The normalized spacial score (nSPS) is 9.50. The molecule has 0 saturated heterocycles. The molecule has 1 heterocycles. The van der Waals surface area contributed by atoms with Crippen molar-refractivity contribution < 1.29 is 14.6 Å². The van der Waals surface area contributed by atoms with Gasteiger partial charge >= 0.3 is 5.97 Å². The van der Waals surface area contributed by atoms with E-state index in [4.69, 9.17) is 21.4 Å². The molecular formula is C7H6ClNO3. The lowest BCUT2D eigenvalue weighted by atomic mass is 10.3. The Hall–Kier alpha value is -1.29. The number of nitrogens with zero attached hydrogens (tertiary/aromatic N) is 1. The van der Waals surface area contributed by atoms with Gasteiger partial charge in [0.15, 0.2) is 10.9 Å². The van der Waals surface area contributed by atoms with E-state index >= 15 is 0 Å².